The molecule has 0 spiro atoms. The Kier molecular flexibility index (Phi) is 5.90. The van der Waals surface area contributed by atoms with Crippen LogP contribution in [0.15, 0.2) is 90.2 Å². The van der Waals surface area contributed by atoms with Crippen LogP contribution in [-0.4, -0.2) is 23.2 Å². The second kappa shape index (κ2) is 9.09. The lowest BCUT2D eigenvalue weighted by Crippen LogP contribution is -2.25. The summed E-state index contributed by atoms with van der Waals surface area (Å²) in [4.78, 5) is 12.1. The van der Waals surface area contributed by atoms with Crippen molar-refractivity contribution in [2.75, 3.05) is 11.9 Å². The number of carbonyl (C=O) groups excluding carboxylic acids is 1. The number of rotatable bonds is 7. The third kappa shape index (κ3) is 4.75. The lowest BCUT2D eigenvalue weighted by atomic mass is 10.2. The molecular formula is C25H24N4O. The topological polar surface area (TPSA) is 58.4 Å². The SMILES string of the molecule is Cc1ccc(NCC(=O)NN=Cc2cn(Cc3ccccc3)c3ccccc23)cc1. The molecule has 150 valence electrons. The molecule has 0 aliphatic rings. The number of aromatic nitrogens is 1. The number of aryl methyl sites for hydroxylation is 1. The summed E-state index contributed by atoms with van der Waals surface area (Å²) in [5.41, 5.74) is 8.02. The van der Waals surface area contributed by atoms with E-state index >= 15 is 0 Å². The highest BCUT2D eigenvalue weighted by molar-refractivity contribution is 5.99. The Labute approximate surface area is 176 Å². The first kappa shape index (κ1) is 19.5. The molecule has 0 fully saturated rings. The van der Waals surface area contributed by atoms with E-state index in [-0.39, 0.29) is 12.5 Å². The number of carbonyl (C=O) groups is 1. The van der Waals surface area contributed by atoms with Gasteiger partial charge in [-0.2, -0.15) is 5.10 Å². The lowest BCUT2D eigenvalue weighted by Gasteiger charge is -2.05. The van der Waals surface area contributed by atoms with Crippen LogP contribution in [-0.2, 0) is 11.3 Å². The number of hydrogen-bond donors (Lipinski definition) is 2. The van der Waals surface area contributed by atoms with Crippen LogP contribution >= 0.6 is 0 Å². The third-order valence-electron chi connectivity index (χ3n) is 4.91. The second-order valence-electron chi connectivity index (χ2n) is 7.23. The number of nitrogens with one attached hydrogen (secondary N) is 2. The predicted octanol–water partition coefficient (Wildman–Crippen LogP) is 4.56. The second-order valence-corrected chi connectivity index (χ2v) is 7.23. The molecule has 0 saturated carbocycles. The first-order valence-electron chi connectivity index (χ1n) is 9.93. The highest BCUT2D eigenvalue weighted by atomic mass is 16.2. The van der Waals surface area contributed by atoms with Crippen LogP contribution in [0.25, 0.3) is 10.9 Å². The predicted molar refractivity (Wildman–Crippen MR) is 123 cm³/mol. The van der Waals surface area contributed by atoms with Gasteiger partial charge in [-0.15, -0.1) is 0 Å². The van der Waals surface area contributed by atoms with E-state index in [4.69, 9.17) is 0 Å². The monoisotopic (exact) mass is 396 g/mol. The van der Waals surface area contributed by atoms with Crippen LogP contribution in [0.3, 0.4) is 0 Å². The van der Waals surface area contributed by atoms with Crippen molar-refractivity contribution in [2.24, 2.45) is 5.10 Å². The first-order valence-corrected chi connectivity index (χ1v) is 9.93. The quantitative estimate of drug-likeness (QED) is 0.355. The average Bonchev–Trinajstić information content (AvgIpc) is 3.12. The molecule has 0 unspecified atom stereocenters. The van der Waals surface area contributed by atoms with E-state index in [1.165, 1.54) is 11.1 Å². The Morgan fingerprint density at radius 2 is 1.70 bits per heavy atom. The molecule has 1 heterocycles. The summed E-state index contributed by atoms with van der Waals surface area (Å²) in [6.45, 7) is 2.97. The van der Waals surface area contributed by atoms with Crippen LogP contribution in [0.5, 0.6) is 0 Å². The van der Waals surface area contributed by atoms with Crippen LogP contribution in [0.1, 0.15) is 16.7 Å². The maximum Gasteiger partial charge on any atom is 0.259 e. The van der Waals surface area contributed by atoms with Gasteiger partial charge in [0, 0.05) is 34.9 Å². The molecule has 5 nitrogen and oxygen atoms in total. The molecule has 5 heteroatoms. The van der Waals surface area contributed by atoms with Gasteiger partial charge in [-0.3, -0.25) is 4.79 Å². The number of fused-ring (bicyclic) bond motifs is 1. The number of amides is 1. The molecular weight excluding hydrogens is 372 g/mol. The lowest BCUT2D eigenvalue weighted by molar-refractivity contribution is -0.119. The zero-order valence-electron chi connectivity index (χ0n) is 16.9. The smallest absolute Gasteiger partial charge is 0.259 e. The zero-order valence-corrected chi connectivity index (χ0v) is 16.9. The number of hydrogen-bond acceptors (Lipinski definition) is 3. The van der Waals surface area contributed by atoms with Crippen molar-refractivity contribution in [3.05, 3.63) is 102 Å². The van der Waals surface area contributed by atoms with Crippen molar-refractivity contribution in [3.8, 4) is 0 Å². The number of para-hydroxylation sites is 1. The van der Waals surface area contributed by atoms with Crippen LogP contribution < -0.4 is 10.7 Å². The minimum absolute atomic E-state index is 0.163. The molecule has 0 bridgehead atoms. The maximum absolute atomic E-state index is 12.1. The van der Waals surface area contributed by atoms with Gasteiger partial charge in [0.25, 0.3) is 5.91 Å². The summed E-state index contributed by atoms with van der Waals surface area (Å²) in [6.07, 6.45) is 3.77. The fraction of sp³-hybridized carbons (Fsp3) is 0.120. The fourth-order valence-electron chi connectivity index (χ4n) is 3.36. The summed E-state index contributed by atoms with van der Waals surface area (Å²) in [7, 11) is 0. The van der Waals surface area contributed by atoms with Gasteiger partial charge in [-0.05, 0) is 30.7 Å². The number of anilines is 1. The van der Waals surface area contributed by atoms with Gasteiger partial charge in [0.1, 0.15) is 0 Å². The minimum Gasteiger partial charge on any atom is -0.376 e. The zero-order chi connectivity index (χ0) is 20.8. The Hall–Kier alpha value is -3.86. The molecule has 0 radical (unpaired) electrons. The summed E-state index contributed by atoms with van der Waals surface area (Å²) >= 11 is 0. The third-order valence-corrected chi connectivity index (χ3v) is 4.91. The molecule has 2 N–H and O–H groups in total. The Balaban J connectivity index is 1.42. The molecule has 0 saturated heterocycles. The van der Waals surface area contributed by atoms with Crippen LogP contribution in [0, 0.1) is 6.92 Å². The molecule has 1 amide bonds. The molecule has 1 aromatic heterocycles. The molecule has 0 aliphatic heterocycles. The van der Waals surface area contributed by atoms with E-state index < -0.39 is 0 Å². The summed E-state index contributed by atoms with van der Waals surface area (Å²) in [6, 6.07) is 26.5. The summed E-state index contributed by atoms with van der Waals surface area (Å²) < 4.78 is 2.20. The average molecular weight is 396 g/mol. The molecule has 3 aromatic carbocycles. The van der Waals surface area contributed by atoms with E-state index in [1.807, 2.05) is 61.5 Å². The van der Waals surface area contributed by atoms with E-state index in [9.17, 15) is 4.79 Å². The van der Waals surface area contributed by atoms with E-state index in [0.717, 1.165) is 28.7 Å². The van der Waals surface area contributed by atoms with Crippen molar-refractivity contribution in [1.29, 1.82) is 0 Å². The Bertz CT molecular complexity index is 1160. The molecule has 4 rings (SSSR count). The maximum atomic E-state index is 12.1. The van der Waals surface area contributed by atoms with Gasteiger partial charge in [0.05, 0.1) is 12.8 Å². The minimum atomic E-state index is -0.195. The number of hydrazone groups is 1. The standard InChI is InChI=1S/C25H24N4O/c1-19-11-13-22(14-12-19)26-16-25(30)28-27-15-21-18-29(17-20-7-3-2-4-8-20)24-10-6-5-9-23(21)24/h2-15,18,26H,16-17H2,1H3,(H,28,30). The first-order chi connectivity index (χ1) is 14.7. The Morgan fingerprint density at radius 1 is 0.967 bits per heavy atom. The van der Waals surface area contributed by atoms with E-state index in [1.54, 1.807) is 6.21 Å². The van der Waals surface area contributed by atoms with Gasteiger partial charge in [-0.1, -0.05) is 66.2 Å². The van der Waals surface area contributed by atoms with Crippen molar-refractivity contribution < 1.29 is 4.79 Å². The largest absolute Gasteiger partial charge is 0.376 e. The van der Waals surface area contributed by atoms with Gasteiger partial charge >= 0.3 is 0 Å². The van der Waals surface area contributed by atoms with E-state index in [2.05, 4.69) is 50.9 Å². The van der Waals surface area contributed by atoms with Gasteiger partial charge in [-0.25, -0.2) is 5.43 Å². The van der Waals surface area contributed by atoms with Gasteiger partial charge < -0.3 is 9.88 Å². The van der Waals surface area contributed by atoms with Crippen LogP contribution in [0.4, 0.5) is 5.69 Å². The van der Waals surface area contributed by atoms with Crippen molar-refractivity contribution >= 4 is 28.7 Å². The normalized spacial score (nSPS) is 11.1. The highest BCUT2D eigenvalue weighted by Gasteiger charge is 2.07. The van der Waals surface area contributed by atoms with Crippen molar-refractivity contribution in [1.82, 2.24) is 9.99 Å². The van der Waals surface area contributed by atoms with E-state index in [0.29, 0.717) is 0 Å². The highest BCUT2D eigenvalue weighted by Crippen LogP contribution is 2.21. The summed E-state index contributed by atoms with van der Waals surface area (Å²) in [5.74, 6) is -0.195. The molecule has 30 heavy (non-hydrogen) atoms. The van der Waals surface area contributed by atoms with Crippen LogP contribution in [0.2, 0.25) is 0 Å². The molecule has 0 aliphatic carbocycles. The fourth-order valence-corrected chi connectivity index (χ4v) is 3.36. The number of benzene rings is 3. The van der Waals surface area contributed by atoms with Crippen molar-refractivity contribution in [3.63, 3.8) is 0 Å². The van der Waals surface area contributed by atoms with Gasteiger partial charge in [0.2, 0.25) is 0 Å². The summed E-state index contributed by atoms with van der Waals surface area (Å²) in [5, 5.41) is 8.35. The number of nitrogens with zero attached hydrogens (tertiary/aromatic N) is 2. The van der Waals surface area contributed by atoms with Crippen molar-refractivity contribution in [2.45, 2.75) is 13.5 Å². The molecule has 4 aromatic rings. The molecule has 0 atom stereocenters. The van der Waals surface area contributed by atoms with Gasteiger partial charge in [0.15, 0.2) is 0 Å². The Morgan fingerprint density at radius 3 is 2.50 bits per heavy atom.